The van der Waals surface area contributed by atoms with Crippen molar-refractivity contribution in [1.29, 1.82) is 0 Å². The van der Waals surface area contributed by atoms with E-state index < -0.39 is 5.97 Å². The van der Waals surface area contributed by atoms with Crippen LogP contribution >= 0.6 is 11.8 Å². The maximum atomic E-state index is 12.0. The lowest BCUT2D eigenvalue weighted by molar-refractivity contribution is -0.140. The molecule has 0 aromatic carbocycles. The van der Waals surface area contributed by atoms with Gasteiger partial charge in [-0.2, -0.15) is 11.8 Å². The normalized spacial score (nSPS) is 19.1. The third-order valence-corrected chi connectivity index (χ3v) is 4.73. The van der Waals surface area contributed by atoms with E-state index in [0.29, 0.717) is 18.9 Å². The van der Waals surface area contributed by atoms with Crippen molar-refractivity contribution in [3.63, 3.8) is 0 Å². The van der Waals surface area contributed by atoms with E-state index in [1.165, 1.54) is 0 Å². The average molecular weight is 287 g/mol. The molecule has 1 rings (SSSR count). The number of aliphatic carboxylic acids is 1. The van der Waals surface area contributed by atoms with Crippen molar-refractivity contribution in [1.82, 2.24) is 5.32 Å². The molecule has 1 saturated carbocycles. The molecule has 0 heterocycles. The van der Waals surface area contributed by atoms with Gasteiger partial charge in [-0.25, -0.2) is 0 Å². The number of rotatable bonds is 8. The molecule has 1 atom stereocenters. The van der Waals surface area contributed by atoms with E-state index in [0.717, 1.165) is 31.4 Å². The number of carbonyl (C=O) groups is 2. The molecule has 1 amide bonds. The maximum absolute atomic E-state index is 12.0. The number of hydrogen-bond donors (Lipinski definition) is 2. The first-order valence-electron chi connectivity index (χ1n) is 6.95. The average Bonchev–Trinajstić information content (AvgIpc) is 2.74. The fourth-order valence-corrected chi connectivity index (χ4v) is 3.58. The highest BCUT2D eigenvalue weighted by Gasteiger charge is 2.37. The summed E-state index contributed by atoms with van der Waals surface area (Å²) in [6.45, 7) is 2.79. The smallest absolute Gasteiger partial charge is 0.303 e. The fourth-order valence-electron chi connectivity index (χ4n) is 2.90. The second-order valence-corrected chi connectivity index (χ2v) is 6.73. The molecule has 1 fully saturated rings. The number of carboxylic acid groups (broad SMARTS) is 1. The van der Waals surface area contributed by atoms with E-state index in [4.69, 9.17) is 5.11 Å². The van der Waals surface area contributed by atoms with E-state index in [9.17, 15) is 9.59 Å². The van der Waals surface area contributed by atoms with Gasteiger partial charge in [0.2, 0.25) is 5.91 Å². The van der Waals surface area contributed by atoms with Gasteiger partial charge >= 0.3 is 5.97 Å². The first kappa shape index (κ1) is 16.3. The molecular weight excluding hydrogens is 262 g/mol. The molecule has 4 nitrogen and oxygen atoms in total. The number of hydrogen-bond acceptors (Lipinski definition) is 3. The van der Waals surface area contributed by atoms with Crippen molar-refractivity contribution in [2.75, 3.05) is 18.6 Å². The third kappa shape index (κ3) is 5.85. The van der Waals surface area contributed by atoms with Crippen LogP contribution < -0.4 is 5.32 Å². The molecule has 0 aromatic rings. The van der Waals surface area contributed by atoms with Gasteiger partial charge < -0.3 is 10.4 Å². The third-order valence-electron chi connectivity index (χ3n) is 3.82. The van der Waals surface area contributed by atoms with Gasteiger partial charge in [-0.3, -0.25) is 9.59 Å². The number of carbonyl (C=O) groups excluding carboxylic acids is 1. The Labute approximate surface area is 119 Å². The lowest BCUT2D eigenvalue weighted by Gasteiger charge is -2.26. The second kappa shape index (κ2) is 7.78. The summed E-state index contributed by atoms with van der Waals surface area (Å²) in [4.78, 5) is 22.9. The van der Waals surface area contributed by atoms with E-state index in [1.807, 2.05) is 0 Å². The molecule has 0 aromatic heterocycles. The summed E-state index contributed by atoms with van der Waals surface area (Å²) in [5.74, 6) is 0.708. The van der Waals surface area contributed by atoms with Crippen molar-refractivity contribution in [2.45, 2.75) is 45.4 Å². The molecule has 0 bridgehead atoms. The largest absolute Gasteiger partial charge is 0.481 e. The predicted molar refractivity (Wildman–Crippen MR) is 78.3 cm³/mol. The van der Waals surface area contributed by atoms with Gasteiger partial charge in [0.1, 0.15) is 0 Å². The summed E-state index contributed by atoms with van der Waals surface area (Å²) < 4.78 is 0. The standard InChI is InChI=1S/C14H25NO3S/c1-11(10-19-2)9-15-12(16)7-14(8-13(17)18)5-3-4-6-14/h11H,3-10H2,1-2H3,(H,15,16)(H,17,18). The van der Waals surface area contributed by atoms with Crippen LogP contribution in [0.5, 0.6) is 0 Å². The molecule has 0 radical (unpaired) electrons. The van der Waals surface area contributed by atoms with E-state index in [-0.39, 0.29) is 17.7 Å². The molecule has 1 aliphatic rings. The number of carboxylic acids is 1. The predicted octanol–water partition coefficient (Wildman–Crippen LogP) is 2.53. The molecule has 2 N–H and O–H groups in total. The minimum absolute atomic E-state index is 0.0103. The van der Waals surface area contributed by atoms with Gasteiger partial charge in [0.05, 0.1) is 6.42 Å². The summed E-state index contributed by atoms with van der Waals surface area (Å²) in [5, 5.41) is 12.0. The van der Waals surface area contributed by atoms with Crippen molar-refractivity contribution in [3.8, 4) is 0 Å². The highest BCUT2D eigenvalue weighted by atomic mass is 32.2. The van der Waals surface area contributed by atoms with Crippen LogP contribution in [0.2, 0.25) is 0 Å². The second-order valence-electron chi connectivity index (χ2n) is 5.82. The van der Waals surface area contributed by atoms with Crippen LogP contribution in [0.3, 0.4) is 0 Å². The molecule has 0 aliphatic heterocycles. The zero-order valence-electron chi connectivity index (χ0n) is 11.9. The molecule has 0 spiro atoms. The van der Waals surface area contributed by atoms with E-state index in [1.54, 1.807) is 11.8 Å². The SMILES string of the molecule is CSCC(C)CNC(=O)CC1(CC(=O)O)CCCC1. The zero-order chi connectivity index (χ0) is 14.3. The van der Waals surface area contributed by atoms with E-state index >= 15 is 0 Å². The minimum atomic E-state index is -0.787. The Morgan fingerprint density at radius 2 is 1.95 bits per heavy atom. The highest BCUT2D eigenvalue weighted by molar-refractivity contribution is 7.98. The van der Waals surface area contributed by atoms with Gasteiger partial charge in [0.15, 0.2) is 0 Å². The Bertz CT molecular complexity index is 314. The Kier molecular flexibility index (Phi) is 6.69. The minimum Gasteiger partial charge on any atom is -0.481 e. The van der Waals surface area contributed by atoms with Crippen molar-refractivity contribution in [2.24, 2.45) is 11.3 Å². The van der Waals surface area contributed by atoms with Crippen LogP contribution in [0, 0.1) is 11.3 Å². The van der Waals surface area contributed by atoms with Crippen LogP contribution in [0.1, 0.15) is 45.4 Å². The van der Waals surface area contributed by atoms with Gasteiger partial charge in [-0.05, 0) is 36.2 Å². The summed E-state index contributed by atoms with van der Waals surface area (Å²) >= 11 is 1.77. The summed E-state index contributed by atoms with van der Waals surface area (Å²) in [7, 11) is 0. The topological polar surface area (TPSA) is 66.4 Å². The lowest BCUT2D eigenvalue weighted by atomic mass is 9.79. The number of amides is 1. The van der Waals surface area contributed by atoms with Crippen molar-refractivity contribution in [3.05, 3.63) is 0 Å². The number of nitrogens with one attached hydrogen (secondary N) is 1. The molecule has 1 aliphatic carbocycles. The monoisotopic (exact) mass is 287 g/mol. The molecule has 5 heteroatoms. The van der Waals surface area contributed by atoms with Crippen LogP contribution in [-0.2, 0) is 9.59 Å². The Morgan fingerprint density at radius 1 is 1.32 bits per heavy atom. The van der Waals surface area contributed by atoms with Crippen LogP contribution in [0.4, 0.5) is 0 Å². The zero-order valence-corrected chi connectivity index (χ0v) is 12.7. The fraction of sp³-hybridized carbons (Fsp3) is 0.857. The van der Waals surface area contributed by atoms with Crippen molar-refractivity contribution < 1.29 is 14.7 Å². The molecule has 110 valence electrons. The number of thioether (sulfide) groups is 1. The Balaban J connectivity index is 2.41. The van der Waals surface area contributed by atoms with Gasteiger partial charge in [0.25, 0.3) is 0 Å². The van der Waals surface area contributed by atoms with Gasteiger partial charge in [-0.1, -0.05) is 19.8 Å². The summed E-state index contributed by atoms with van der Waals surface area (Å²) in [6, 6.07) is 0. The maximum Gasteiger partial charge on any atom is 0.303 e. The molecule has 1 unspecified atom stereocenters. The van der Waals surface area contributed by atoms with Gasteiger partial charge in [-0.15, -0.1) is 0 Å². The first-order chi connectivity index (χ1) is 8.97. The molecular formula is C14H25NO3S. The van der Waals surface area contributed by atoms with Crippen LogP contribution in [-0.4, -0.2) is 35.5 Å². The van der Waals surface area contributed by atoms with Crippen LogP contribution in [0.25, 0.3) is 0 Å². The van der Waals surface area contributed by atoms with E-state index in [2.05, 4.69) is 18.5 Å². The van der Waals surface area contributed by atoms with Crippen molar-refractivity contribution >= 4 is 23.6 Å². The highest BCUT2D eigenvalue weighted by Crippen LogP contribution is 2.43. The molecule has 19 heavy (non-hydrogen) atoms. The lowest BCUT2D eigenvalue weighted by Crippen LogP contribution is -2.34. The van der Waals surface area contributed by atoms with Gasteiger partial charge in [0, 0.05) is 13.0 Å². The molecule has 0 saturated heterocycles. The summed E-state index contributed by atoms with van der Waals surface area (Å²) in [6.07, 6.45) is 6.37. The Morgan fingerprint density at radius 3 is 2.47 bits per heavy atom. The summed E-state index contributed by atoms with van der Waals surface area (Å²) in [5.41, 5.74) is -0.293. The quantitative estimate of drug-likeness (QED) is 0.720. The first-order valence-corrected chi connectivity index (χ1v) is 8.34. The van der Waals surface area contributed by atoms with Crippen LogP contribution in [0.15, 0.2) is 0 Å². The Hall–Kier alpha value is -0.710.